The third-order valence-corrected chi connectivity index (χ3v) is 3.84. The van der Waals surface area contributed by atoms with E-state index in [0.29, 0.717) is 3.79 Å². The van der Waals surface area contributed by atoms with Crippen molar-refractivity contribution in [1.82, 2.24) is 0 Å². The van der Waals surface area contributed by atoms with Crippen LogP contribution in [0, 0.1) is 0 Å². The molecule has 58 valence electrons. The van der Waals surface area contributed by atoms with Gasteiger partial charge in [0.15, 0.2) is 0 Å². The second-order valence-electron chi connectivity index (χ2n) is 1.53. The summed E-state index contributed by atoms with van der Waals surface area (Å²) in [5, 5.41) is 1.58. The van der Waals surface area contributed by atoms with E-state index in [1.54, 1.807) is 5.38 Å². The average molecular weight is 267 g/mol. The summed E-state index contributed by atoms with van der Waals surface area (Å²) in [6, 6.07) is 1.34. The summed E-state index contributed by atoms with van der Waals surface area (Å²) < 4.78 is 29.8. The van der Waals surface area contributed by atoms with Crippen molar-refractivity contribution in [2.24, 2.45) is 0 Å². The van der Waals surface area contributed by atoms with Crippen LogP contribution in [-0.4, -0.2) is 42.5 Å². The molecule has 1 rings (SSSR count). The van der Waals surface area contributed by atoms with Gasteiger partial charge in [0.05, 0.1) is 3.79 Å². The standard InChI is InChI=1S/C4H3BrO3S2.Na.H/c5-4-3(1-2-9-4)10(6,7)8;;/h1-2H,(H,6,7,8);;. The first-order valence-electron chi connectivity index (χ1n) is 2.22. The molecule has 0 aliphatic carbocycles. The predicted molar refractivity (Wildman–Crippen MR) is 49.0 cm³/mol. The number of hydrogen-bond acceptors (Lipinski definition) is 3. The van der Waals surface area contributed by atoms with Crippen molar-refractivity contribution in [3.8, 4) is 0 Å². The summed E-state index contributed by atoms with van der Waals surface area (Å²) in [4.78, 5) is -0.0718. The zero-order valence-corrected chi connectivity index (χ0v) is 7.83. The van der Waals surface area contributed by atoms with Crippen LogP contribution in [0.2, 0.25) is 0 Å². The summed E-state index contributed by atoms with van der Waals surface area (Å²) in [6.45, 7) is 0. The van der Waals surface area contributed by atoms with Gasteiger partial charge in [-0.05, 0) is 27.4 Å². The molecule has 1 aromatic rings. The molecule has 7 heteroatoms. The van der Waals surface area contributed by atoms with Gasteiger partial charge in [0, 0.05) is 0 Å². The van der Waals surface area contributed by atoms with E-state index in [1.807, 2.05) is 0 Å². The van der Waals surface area contributed by atoms with Gasteiger partial charge in [0.1, 0.15) is 4.90 Å². The van der Waals surface area contributed by atoms with E-state index in [2.05, 4.69) is 15.9 Å². The van der Waals surface area contributed by atoms with E-state index in [4.69, 9.17) is 4.55 Å². The zero-order chi connectivity index (χ0) is 7.78. The fourth-order valence-corrected chi connectivity index (χ4v) is 3.03. The summed E-state index contributed by atoms with van der Waals surface area (Å²) in [6.07, 6.45) is 0. The first kappa shape index (κ1) is 12.1. The molecule has 0 aliphatic rings. The van der Waals surface area contributed by atoms with Crippen LogP contribution in [0.5, 0.6) is 0 Å². The SMILES string of the molecule is O=S(=O)(O)c1ccsc1Br.[NaH]. The Hall–Kier alpha value is 1.09. The Bertz CT molecular complexity index is 331. The van der Waals surface area contributed by atoms with Crippen LogP contribution < -0.4 is 0 Å². The monoisotopic (exact) mass is 266 g/mol. The molecule has 0 saturated carbocycles. The quantitative estimate of drug-likeness (QED) is 0.612. The molecular weight excluding hydrogens is 263 g/mol. The number of halogens is 1. The van der Waals surface area contributed by atoms with E-state index >= 15 is 0 Å². The topological polar surface area (TPSA) is 54.4 Å². The molecule has 0 fully saturated rings. The van der Waals surface area contributed by atoms with Gasteiger partial charge in [0.25, 0.3) is 10.1 Å². The summed E-state index contributed by atoms with van der Waals surface area (Å²) >= 11 is 4.19. The molecule has 0 bridgehead atoms. The molecule has 0 atom stereocenters. The number of hydrogen-bond donors (Lipinski definition) is 1. The molecule has 11 heavy (non-hydrogen) atoms. The Balaban J connectivity index is 0.000001000. The van der Waals surface area contributed by atoms with Crippen LogP contribution in [0.25, 0.3) is 0 Å². The van der Waals surface area contributed by atoms with Crippen molar-refractivity contribution in [3.63, 3.8) is 0 Å². The first-order valence-corrected chi connectivity index (χ1v) is 5.33. The van der Waals surface area contributed by atoms with E-state index < -0.39 is 10.1 Å². The maximum atomic E-state index is 10.4. The van der Waals surface area contributed by atoms with Crippen LogP contribution in [0.1, 0.15) is 0 Å². The molecular formula is C4H4BrNaO3S2. The van der Waals surface area contributed by atoms with Crippen molar-refractivity contribution >= 4 is 66.9 Å². The molecule has 0 unspecified atom stereocenters. The van der Waals surface area contributed by atoms with Gasteiger partial charge in [-0.25, -0.2) is 0 Å². The van der Waals surface area contributed by atoms with Crippen molar-refractivity contribution in [2.45, 2.75) is 4.90 Å². The van der Waals surface area contributed by atoms with Gasteiger partial charge >= 0.3 is 29.6 Å². The van der Waals surface area contributed by atoms with Crippen molar-refractivity contribution in [3.05, 3.63) is 15.2 Å². The van der Waals surface area contributed by atoms with Gasteiger partial charge in [-0.2, -0.15) is 8.42 Å². The van der Waals surface area contributed by atoms with Crippen molar-refractivity contribution in [1.29, 1.82) is 0 Å². The average Bonchev–Trinajstić information content (AvgIpc) is 2.11. The minimum atomic E-state index is -4.03. The molecule has 0 radical (unpaired) electrons. The fourth-order valence-electron chi connectivity index (χ4n) is 0.467. The maximum absolute atomic E-state index is 10.4. The third-order valence-electron chi connectivity index (χ3n) is 0.863. The third kappa shape index (κ3) is 3.14. The molecule has 0 amide bonds. The van der Waals surface area contributed by atoms with Crippen LogP contribution in [0.15, 0.2) is 20.1 Å². The van der Waals surface area contributed by atoms with E-state index in [1.165, 1.54) is 17.4 Å². The normalized spacial score (nSPS) is 10.7. The second-order valence-corrected chi connectivity index (χ2v) is 5.16. The molecule has 0 aromatic carbocycles. The Kier molecular flexibility index (Phi) is 4.79. The van der Waals surface area contributed by atoms with Gasteiger partial charge in [-0.15, -0.1) is 11.3 Å². The Labute approximate surface area is 99.0 Å². The Morgan fingerprint density at radius 2 is 2.09 bits per heavy atom. The van der Waals surface area contributed by atoms with Gasteiger partial charge < -0.3 is 0 Å². The molecule has 0 aliphatic heterocycles. The van der Waals surface area contributed by atoms with Gasteiger partial charge in [-0.3, -0.25) is 4.55 Å². The molecule has 3 nitrogen and oxygen atoms in total. The van der Waals surface area contributed by atoms with Crippen molar-refractivity contribution in [2.75, 3.05) is 0 Å². The summed E-state index contributed by atoms with van der Waals surface area (Å²) in [5.74, 6) is 0. The number of thiophene rings is 1. The predicted octanol–water partition coefficient (Wildman–Crippen LogP) is 1.11. The zero-order valence-electron chi connectivity index (χ0n) is 4.61. The Morgan fingerprint density at radius 1 is 1.55 bits per heavy atom. The molecule has 1 heterocycles. The van der Waals surface area contributed by atoms with E-state index in [0.717, 1.165) is 0 Å². The minimum absolute atomic E-state index is 0. The fraction of sp³-hybridized carbons (Fsp3) is 0. The van der Waals surface area contributed by atoms with E-state index in [9.17, 15) is 8.42 Å². The van der Waals surface area contributed by atoms with E-state index in [-0.39, 0.29) is 34.5 Å². The van der Waals surface area contributed by atoms with Gasteiger partial charge in [0.2, 0.25) is 0 Å². The summed E-state index contributed by atoms with van der Waals surface area (Å²) in [5.41, 5.74) is 0. The first-order chi connectivity index (χ1) is 4.52. The van der Waals surface area contributed by atoms with Gasteiger partial charge in [-0.1, -0.05) is 0 Å². The van der Waals surface area contributed by atoms with Crippen molar-refractivity contribution < 1.29 is 13.0 Å². The Morgan fingerprint density at radius 3 is 2.27 bits per heavy atom. The number of rotatable bonds is 1. The summed E-state index contributed by atoms with van der Waals surface area (Å²) in [7, 11) is -4.03. The molecule has 1 N–H and O–H groups in total. The molecule has 1 aromatic heterocycles. The van der Waals surface area contributed by atoms with Crippen LogP contribution in [0.3, 0.4) is 0 Å². The van der Waals surface area contributed by atoms with Crippen LogP contribution in [-0.2, 0) is 10.1 Å². The molecule has 0 spiro atoms. The molecule has 0 saturated heterocycles. The second kappa shape index (κ2) is 4.36. The van der Waals surface area contributed by atoms with Crippen LogP contribution in [0.4, 0.5) is 0 Å². The van der Waals surface area contributed by atoms with Crippen LogP contribution >= 0.6 is 27.3 Å².